The van der Waals surface area contributed by atoms with Gasteiger partial charge in [0.2, 0.25) is 4.96 Å². The number of imidazole rings is 1. The molecule has 2 aromatic carbocycles. The van der Waals surface area contributed by atoms with Gasteiger partial charge in [0.25, 0.3) is 5.91 Å². The topological polar surface area (TPSA) is 111 Å². The third kappa shape index (κ3) is 4.46. The van der Waals surface area contributed by atoms with E-state index in [4.69, 9.17) is 10.7 Å². The molecule has 1 amide bonds. The summed E-state index contributed by atoms with van der Waals surface area (Å²) < 4.78 is 1.73. The number of pyridine rings is 2. The van der Waals surface area contributed by atoms with Gasteiger partial charge in [-0.1, -0.05) is 65.9 Å². The Morgan fingerprint density at radius 1 is 1.03 bits per heavy atom. The van der Waals surface area contributed by atoms with Crippen molar-refractivity contribution in [3.05, 3.63) is 101 Å². The number of carbonyl (C=O) groups excluding carboxylic acids is 1. The Morgan fingerprint density at radius 2 is 1.84 bits per heavy atom. The van der Waals surface area contributed by atoms with E-state index in [1.54, 1.807) is 10.7 Å². The molecule has 8 nitrogen and oxygen atoms in total. The standard InChI is InChI=1S/C28H23N7OS/c1-17-34-35-16-21(32-28(35)37-17)15-31-27(36)26-23-13-22(19-5-3-2-4-6-19)25(33-24(23)11-12-30-26)20-9-7-18(14-29)8-10-20/h2-13,16H,14-15,29H2,1H3,(H,31,36). The highest BCUT2D eigenvalue weighted by molar-refractivity contribution is 7.16. The van der Waals surface area contributed by atoms with Gasteiger partial charge in [0.05, 0.1) is 29.6 Å². The van der Waals surface area contributed by atoms with Crippen LogP contribution in [0, 0.1) is 6.92 Å². The molecule has 0 saturated carbocycles. The summed E-state index contributed by atoms with van der Waals surface area (Å²) >= 11 is 1.51. The molecule has 0 unspecified atom stereocenters. The molecule has 6 rings (SSSR count). The fraction of sp³-hybridized carbons (Fsp3) is 0.107. The minimum absolute atomic E-state index is 0.274. The molecule has 3 N–H and O–H groups in total. The number of hydrogen-bond donors (Lipinski definition) is 2. The summed E-state index contributed by atoms with van der Waals surface area (Å²) in [5.41, 5.74) is 12.3. The first-order valence-corrected chi connectivity index (χ1v) is 12.6. The van der Waals surface area contributed by atoms with Crippen LogP contribution in [0.5, 0.6) is 0 Å². The number of amides is 1. The van der Waals surface area contributed by atoms with Crippen LogP contribution >= 0.6 is 11.3 Å². The van der Waals surface area contributed by atoms with Gasteiger partial charge in [-0.3, -0.25) is 9.78 Å². The number of aromatic nitrogens is 5. The molecule has 4 heterocycles. The SMILES string of the molecule is Cc1nn2cc(CNC(=O)c3nccc4nc(-c5ccc(CN)cc5)c(-c5ccccc5)cc34)nc2s1. The van der Waals surface area contributed by atoms with Crippen LogP contribution in [0.1, 0.15) is 26.8 Å². The summed E-state index contributed by atoms with van der Waals surface area (Å²) in [5, 5.41) is 8.95. The maximum Gasteiger partial charge on any atom is 0.270 e. The zero-order valence-corrected chi connectivity index (χ0v) is 20.9. The Balaban J connectivity index is 1.39. The van der Waals surface area contributed by atoms with Crippen molar-refractivity contribution in [2.45, 2.75) is 20.0 Å². The molecule has 0 fully saturated rings. The molecular weight excluding hydrogens is 482 g/mol. The minimum atomic E-state index is -0.285. The number of aryl methyl sites for hydroxylation is 1. The van der Waals surface area contributed by atoms with Gasteiger partial charge >= 0.3 is 0 Å². The third-order valence-corrected chi connectivity index (χ3v) is 6.97. The smallest absolute Gasteiger partial charge is 0.270 e. The summed E-state index contributed by atoms with van der Waals surface area (Å²) in [5.74, 6) is -0.285. The van der Waals surface area contributed by atoms with Gasteiger partial charge < -0.3 is 11.1 Å². The molecule has 0 aliphatic rings. The van der Waals surface area contributed by atoms with Crippen LogP contribution in [0.15, 0.2) is 79.1 Å². The molecule has 37 heavy (non-hydrogen) atoms. The summed E-state index contributed by atoms with van der Waals surface area (Å²) in [6.45, 7) is 2.69. The fourth-order valence-corrected chi connectivity index (χ4v) is 5.06. The molecule has 6 aromatic rings. The third-order valence-electron chi connectivity index (χ3n) is 6.13. The van der Waals surface area contributed by atoms with E-state index < -0.39 is 0 Å². The van der Waals surface area contributed by atoms with Crippen molar-refractivity contribution in [1.29, 1.82) is 0 Å². The van der Waals surface area contributed by atoms with E-state index >= 15 is 0 Å². The summed E-state index contributed by atoms with van der Waals surface area (Å²) in [6.07, 6.45) is 3.44. The Morgan fingerprint density at radius 3 is 2.59 bits per heavy atom. The van der Waals surface area contributed by atoms with Crippen LogP contribution in [-0.4, -0.2) is 30.5 Å². The molecule has 0 saturated heterocycles. The van der Waals surface area contributed by atoms with Crippen molar-refractivity contribution in [2.75, 3.05) is 0 Å². The van der Waals surface area contributed by atoms with E-state index in [0.717, 1.165) is 43.6 Å². The molecule has 9 heteroatoms. The number of hydrogen-bond acceptors (Lipinski definition) is 7. The first-order valence-electron chi connectivity index (χ1n) is 11.8. The quantitative estimate of drug-likeness (QED) is 0.337. The highest BCUT2D eigenvalue weighted by Crippen LogP contribution is 2.34. The second-order valence-electron chi connectivity index (χ2n) is 8.64. The van der Waals surface area contributed by atoms with Gasteiger partial charge in [0, 0.05) is 29.3 Å². The van der Waals surface area contributed by atoms with Crippen LogP contribution in [-0.2, 0) is 13.1 Å². The number of fused-ring (bicyclic) bond motifs is 2. The van der Waals surface area contributed by atoms with E-state index in [1.807, 2.05) is 79.9 Å². The minimum Gasteiger partial charge on any atom is -0.345 e. The largest absolute Gasteiger partial charge is 0.345 e. The number of rotatable bonds is 6. The first kappa shape index (κ1) is 23.0. The van der Waals surface area contributed by atoms with E-state index in [2.05, 4.69) is 20.4 Å². The van der Waals surface area contributed by atoms with E-state index in [-0.39, 0.29) is 12.5 Å². The zero-order valence-electron chi connectivity index (χ0n) is 20.0. The molecule has 0 spiro atoms. The van der Waals surface area contributed by atoms with E-state index in [0.29, 0.717) is 23.1 Å². The molecule has 4 aromatic heterocycles. The lowest BCUT2D eigenvalue weighted by Crippen LogP contribution is -2.24. The van der Waals surface area contributed by atoms with Crippen molar-refractivity contribution in [3.63, 3.8) is 0 Å². The second kappa shape index (κ2) is 9.53. The van der Waals surface area contributed by atoms with Crippen LogP contribution < -0.4 is 11.1 Å². The average Bonchev–Trinajstić information content (AvgIpc) is 3.48. The van der Waals surface area contributed by atoms with Crippen LogP contribution in [0.3, 0.4) is 0 Å². The molecular formula is C28H23N7OS. The maximum absolute atomic E-state index is 13.3. The molecule has 0 atom stereocenters. The fourth-order valence-electron chi connectivity index (χ4n) is 4.32. The lowest BCUT2D eigenvalue weighted by atomic mass is 9.96. The van der Waals surface area contributed by atoms with E-state index in [9.17, 15) is 4.79 Å². The van der Waals surface area contributed by atoms with Gasteiger partial charge in [0.15, 0.2) is 0 Å². The zero-order chi connectivity index (χ0) is 25.4. The lowest BCUT2D eigenvalue weighted by molar-refractivity contribution is 0.0947. The average molecular weight is 506 g/mol. The lowest BCUT2D eigenvalue weighted by Gasteiger charge is -2.13. The number of benzene rings is 2. The molecule has 0 radical (unpaired) electrons. The van der Waals surface area contributed by atoms with Gasteiger partial charge in [-0.05, 0) is 30.2 Å². The summed E-state index contributed by atoms with van der Waals surface area (Å²) in [4.78, 5) is 28.0. The predicted octanol–water partition coefficient (Wildman–Crippen LogP) is 4.77. The Labute approximate surface area is 216 Å². The van der Waals surface area contributed by atoms with Crippen molar-refractivity contribution < 1.29 is 4.79 Å². The predicted molar refractivity (Wildman–Crippen MR) is 145 cm³/mol. The van der Waals surface area contributed by atoms with Gasteiger partial charge in [0.1, 0.15) is 10.7 Å². The number of nitrogens with one attached hydrogen (secondary N) is 1. The van der Waals surface area contributed by atoms with Crippen LogP contribution in [0.25, 0.3) is 38.2 Å². The Hall–Kier alpha value is -4.47. The first-order chi connectivity index (χ1) is 18.1. The normalized spacial score (nSPS) is 11.3. The molecule has 182 valence electrons. The van der Waals surface area contributed by atoms with Crippen molar-refractivity contribution >= 4 is 33.1 Å². The number of carbonyl (C=O) groups is 1. The Kier molecular flexibility index (Phi) is 5.91. The number of nitrogens with zero attached hydrogens (tertiary/aromatic N) is 5. The van der Waals surface area contributed by atoms with E-state index in [1.165, 1.54) is 11.3 Å². The Bertz CT molecular complexity index is 1710. The summed E-state index contributed by atoms with van der Waals surface area (Å²) in [7, 11) is 0. The molecule has 0 bridgehead atoms. The van der Waals surface area contributed by atoms with Crippen molar-refractivity contribution in [1.82, 2.24) is 29.9 Å². The maximum atomic E-state index is 13.3. The monoisotopic (exact) mass is 505 g/mol. The van der Waals surface area contributed by atoms with Gasteiger partial charge in [-0.15, -0.1) is 0 Å². The second-order valence-corrected chi connectivity index (χ2v) is 9.80. The van der Waals surface area contributed by atoms with Gasteiger partial charge in [-0.2, -0.15) is 5.10 Å². The van der Waals surface area contributed by atoms with Crippen molar-refractivity contribution in [2.24, 2.45) is 5.73 Å². The highest BCUT2D eigenvalue weighted by Gasteiger charge is 2.18. The van der Waals surface area contributed by atoms with Crippen LogP contribution in [0.4, 0.5) is 0 Å². The number of nitrogens with two attached hydrogens (primary N) is 1. The molecule has 0 aliphatic carbocycles. The highest BCUT2D eigenvalue weighted by atomic mass is 32.1. The molecule has 0 aliphatic heterocycles. The summed E-state index contributed by atoms with van der Waals surface area (Å²) in [6, 6.07) is 22.0. The van der Waals surface area contributed by atoms with Crippen LogP contribution in [0.2, 0.25) is 0 Å². The van der Waals surface area contributed by atoms with Crippen molar-refractivity contribution in [3.8, 4) is 22.4 Å². The van der Waals surface area contributed by atoms with Gasteiger partial charge in [-0.25, -0.2) is 14.5 Å².